The Morgan fingerprint density at radius 1 is 1.16 bits per heavy atom. The number of carbonyl (C=O) groups excluding carboxylic acids is 1. The Kier molecular flexibility index (Phi) is 5.91. The summed E-state index contributed by atoms with van der Waals surface area (Å²) in [6.07, 6.45) is 3.18. The minimum absolute atomic E-state index is 0.137. The number of hydrogen-bond acceptors (Lipinski definition) is 6. The van der Waals surface area contributed by atoms with Crippen LogP contribution in [0.1, 0.15) is 22.0 Å². The molecule has 0 spiro atoms. The molecule has 32 heavy (non-hydrogen) atoms. The fraction of sp³-hybridized carbons (Fsp3) is 0.130. The molecule has 9 heteroatoms. The van der Waals surface area contributed by atoms with Gasteiger partial charge in [-0.2, -0.15) is 0 Å². The number of nitrogen functional groups attached to an aromatic ring is 1. The first kappa shape index (κ1) is 21.1. The predicted molar refractivity (Wildman–Crippen MR) is 118 cm³/mol. The second kappa shape index (κ2) is 8.94. The van der Waals surface area contributed by atoms with Gasteiger partial charge < -0.3 is 16.2 Å². The van der Waals surface area contributed by atoms with Crippen LogP contribution in [0, 0.1) is 5.82 Å². The molecule has 0 fully saturated rings. The Labute approximate surface area is 183 Å². The van der Waals surface area contributed by atoms with Crippen LogP contribution in [0.15, 0.2) is 67.0 Å². The van der Waals surface area contributed by atoms with Crippen molar-refractivity contribution in [3.63, 3.8) is 0 Å². The number of halogens is 1. The van der Waals surface area contributed by atoms with Gasteiger partial charge in [0.15, 0.2) is 0 Å². The summed E-state index contributed by atoms with van der Waals surface area (Å²) < 4.78 is 16.5. The molecule has 4 N–H and O–H groups in total. The number of aromatic nitrogens is 4. The molecule has 162 valence electrons. The van der Waals surface area contributed by atoms with E-state index in [2.05, 4.69) is 20.6 Å². The van der Waals surface area contributed by atoms with Gasteiger partial charge in [-0.25, -0.2) is 14.1 Å². The van der Waals surface area contributed by atoms with Crippen molar-refractivity contribution in [1.29, 1.82) is 0 Å². The molecular formula is C23H21FN6O2. The molecule has 2 aromatic carbocycles. The van der Waals surface area contributed by atoms with Gasteiger partial charge in [0.25, 0.3) is 5.91 Å². The fourth-order valence-electron chi connectivity index (χ4n) is 3.42. The Morgan fingerprint density at radius 3 is 2.59 bits per heavy atom. The van der Waals surface area contributed by atoms with Crippen LogP contribution in [-0.2, 0) is 7.05 Å². The monoisotopic (exact) mass is 432 g/mol. The molecule has 2 aromatic heterocycles. The van der Waals surface area contributed by atoms with E-state index in [9.17, 15) is 14.3 Å². The summed E-state index contributed by atoms with van der Waals surface area (Å²) in [7, 11) is 1.75. The fourth-order valence-corrected chi connectivity index (χ4v) is 3.42. The highest BCUT2D eigenvalue weighted by Crippen LogP contribution is 2.30. The third kappa shape index (κ3) is 4.19. The zero-order valence-electron chi connectivity index (χ0n) is 17.2. The lowest BCUT2D eigenvalue weighted by Crippen LogP contribution is -2.31. The second-order valence-electron chi connectivity index (χ2n) is 7.21. The third-order valence-corrected chi connectivity index (χ3v) is 5.14. The van der Waals surface area contributed by atoms with Crippen LogP contribution in [0.5, 0.6) is 0 Å². The normalized spacial score (nSPS) is 11.8. The molecule has 2 heterocycles. The zero-order valence-corrected chi connectivity index (χ0v) is 17.2. The van der Waals surface area contributed by atoms with Gasteiger partial charge in [-0.1, -0.05) is 41.6 Å². The maximum absolute atomic E-state index is 14.9. The first-order valence-corrected chi connectivity index (χ1v) is 9.85. The zero-order chi connectivity index (χ0) is 22.7. The molecule has 0 aliphatic carbocycles. The first-order valence-electron chi connectivity index (χ1n) is 9.85. The lowest BCUT2D eigenvalue weighted by molar-refractivity contribution is 0.0912. The summed E-state index contributed by atoms with van der Waals surface area (Å²) in [5, 5.41) is 20.1. The number of pyridine rings is 1. The number of rotatable bonds is 6. The molecule has 0 aliphatic rings. The Hall–Kier alpha value is -4.11. The second-order valence-corrected chi connectivity index (χ2v) is 7.21. The van der Waals surface area contributed by atoms with Crippen molar-refractivity contribution >= 4 is 11.7 Å². The van der Waals surface area contributed by atoms with Crippen LogP contribution in [0.4, 0.5) is 10.2 Å². The molecule has 0 radical (unpaired) electrons. The molecule has 4 rings (SSSR count). The number of aliphatic hydroxyl groups excluding tert-OH is 1. The van der Waals surface area contributed by atoms with Crippen molar-refractivity contribution in [3.05, 3.63) is 83.9 Å². The molecule has 0 saturated carbocycles. The van der Waals surface area contributed by atoms with E-state index in [1.807, 2.05) is 6.07 Å². The van der Waals surface area contributed by atoms with Crippen molar-refractivity contribution in [2.75, 3.05) is 12.3 Å². The van der Waals surface area contributed by atoms with Crippen LogP contribution in [0.25, 0.3) is 22.4 Å². The van der Waals surface area contributed by atoms with E-state index in [1.165, 1.54) is 12.1 Å². The van der Waals surface area contributed by atoms with Crippen LogP contribution in [-0.4, -0.2) is 37.6 Å². The highest BCUT2D eigenvalue weighted by atomic mass is 19.1. The molecule has 1 atom stereocenters. The minimum atomic E-state index is -0.711. The quantitative estimate of drug-likeness (QED) is 0.431. The lowest BCUT2D eigenvalue weighted by atomic mass is 10.0. The largest absolute Gasteiger partial charge is 0.394 e. The maximum Gasteiger partial charge on any atom is 0.254 e. The highest BCUT2D eigenvalue weighted by Gasteiger charge is 2.19. The van der Waals surface area contributed by atoms with Crippen LogP contribution >= 0.6 is 0 Å². The first-order chi connectivity index (χ1) is 15.5. The number of nitrogens with two attached hydrogens (primary N) is 1. The number of benzene rings is 2. The van der Waals surface area contributed by atoms with Crippen molar-refractivity contribution in [2.45, 2.75) is 6.04 Å². The number of aliphatic hydroxyl groups is 1. The van der Waals surface area contributed by atoms with Crippen LogP contribution in [0.3, 0.4) is 0 Å². The van der Waals surface area contributed by atoms with Crippen LogP contribution < -0.4 is 11.1 Å². The van der Waals surface area contributed by atoms with Gasteiger partial charge in [-0.15, -0.1) is 5.10 Å². The van der Waals surface area contributed by atoms with Gasteiger partial charge in [0, 0.05) is 24.4 Å². The van der Waals surface area contributed by atoms with Crippen LogP contribution in [0.2, 0.25) is 0 Å². The molecule has 0 aliphatic heterocycles. The van der Waals surface area contributed by atoms with Gasteiger partial charge >= 0.3 is 0 Å². The Balaban J connectivity index is 1.61. The molecule has 1 unspecified atom stereocenters. The molecule has 4 aromatic rings. The van der Waals surface area contributed by atoms with Gasteiger partial charge in [-0.05, 0) is 29.3 Å². The predicted octanol–water partition coefficient (Wildman–Crippen LogP) is 2.73. The van der Waals surface area contributed by atoms with E-state index in [0.29, 0.717) is 11.1 Å². The van der Waals surface area contributed by atoms with E-state index >= 15 is 0 Å². The van der Waals surface area contributed by atoms with E-state index < -0.39 is 17.8 Å². The number of nitrogens with one attached hydrogen (secondary N) is 1. The minimum Gasteiger partial charge on any atom is -0.394 e. The maximum atomic E-state index is 14.9. The number of anilines is 1. The molecule has 0 saturated heterocycles. The smallest absolute Gasteiger partial charge is 0.254 e. The number of aryl methyl sites for hydroxylation is 1. The lowest BCUT2D eigenvalue weighted by Gasteiger charge is -2.17. The number of hydrogen-bond donors (Lipinski definition) is 3. The number of amides is 1. The van der Waals surface area contributed by atoms with E-state index in [0.717, 1.165) is 16.8 Å². The van der Waals surface area contributed by atoms with E-state index in [4.69, 9.17) is 5.73 Å². The Morgan fingerprint density at radius 2 is 1.94 bits per heavy atom. The number of nitrogens with zero attached hydrogens (tertiary/aromatic N) is 4. The number of carbonyl (C=O) groups is 1. The SMILES string of the molecule is Cn1nncc1-c1cnc(N)c(-c2ccc(C(=O)NC(CO)c3ccccc3)c(F)c2)c1. The van der Waals surface area contributed by atoms with Crippen molar-refractivity contribution in [3.8, 4) is 22.4 Å². The molecule has 8 nitrogen and oxygen atoms in total. The summed E-state index contributed by atoms with van der Waals surface area (Å²) in [4.78, 5) is 16.9. The van der Waals surface area contributed by atoms with Crippen molar-refractivity contribution in [2.24, 2.45) is 7.05 Å². The molecule has 0 bridgehead atoms. The average Bonchev–Trinajstić information content (AvgIpc) is 3.24. The summed E-state index contributed by atoms with van der Waals surface area (Å²) in [6, 6.07) is 14.3. The summed E-state index contributed by atoms with van der Waals surface area (Å²) in [5.41, 5.74) is 9.06. The third-order valence-electron chi connectivity index (χ3n) is 5.14. The summed E-state index contributed by atoms with van der Waals surface area (Å²) in [5.74, 6) is -1.11. The standard InChI is InChI=1S/C23H21FN6O2/c1-30-21(12-27-29-30)16-9-18(22(25)26-11-16)15-7-8-17(19(24)10-15)23(32)28-20(13-31)14-5-3-2-4-6-14/h2-12,20,31H,13H2,1H3,(H2,25,26)(H,28,32). The van der Waals surface area contributed by atoms with Gasteiger partial charge in [-0.3, -0.25) is 4.79 Å². The molecular weight excluding hydrogens is 411 g/mol. The summed E-state index contributed by atoms with van der Waals surface area (Å²) in [6.45, 7) is -0.312. The van der Waals surface area contributed by atoms with Gasteiger partial charge in [0.1, 0.15) is 11.6 Å². The molecule has 1 amide bonds. The van der Waals surface area contributed by atoms with Crippen molar-refractivity contribution < 1.29 is 14.3 Å². The van der Waals surface area contributed by atoms with Gasteiger partial charge in [0.05, 0.1) is 30.1 Å². The van der Waals surface area contributed by atoms with E-state index in [-0.39, 0.29) is 18.0 Å². The van der Waals surface area contributed by atoms with Gasteiger partial charge in [0.2, 0.25) is 0 Å². The average molecular weight is 432 g/mol. The van der Waals surface area contributed by atoms with Crippen molar-refractivity contribution in [1.82, 2.24) is 25.3 Å². The summed E-state index contributed by atoms with van der Waals surface area (Å²) >= 11 is 0. The Bertz CT molecular complexity index is 1260. The van der Waals surface area contributed by atoms with E-state index in [1.54, 1.807) is 60.5 Å². The highest BCUT2D eigenvalue weighted by molar-refractivity contribution is 5.95. The topological polar surface area (TPSA) is 119 Å².